The van der Waals surface area contributed by atoms with Crippen molar-refractivity contribution < 1.29 is 32.7 Å². The Morgan fingerprint density at radius 3 is 2.80 bits per heavy atom. The van der Waals surface area contributed by atoms with Gasteiger partial charge in [0.05, 0.1) is 0 Å². The van der Waals surface area contributed by atoms with Crippen LogP contribution < -0.4 is 0 Å². The second-order valence-corrected chi connectivity index (χ2v) is 2.43. The third-order valence-electron chi connectivity index (χ3n) is 1.69. The molecule has 2 heteroatoms. The minimum absolute atomic E-state index is 0. The zero-order valence-electron chi connectivity index (χ0n) is 6.27. The quantitative estimate of drug-likeness (QED) is 0.597. The molecule has 0 aromatic rings. The van der Waals surface area contributed by atoms with Gasteiger partial charge in [-0.15, -0.1) is 6.42 Å². The van der Waals surface area contributed by atoms with E-state index in [1.807, 2.05) is 6.08 Å². The van der Waals surface area contributed by atoms with Gasteiger partial charge in [-0.25, -0.2) is 24.6 Å². The molecule has 0 heterocycles. The Morgan fingerprint density at radius 1 is 1.50 bits per heavy atom. The summed E-state index contributed by atoms with van der Waals surface area (Å²) in [5.74, 6) is 0. The van der Waals surface area contributed by atoms with Gasteiger partial charge in [0.15, 0.2) is 0 Å². The number of nitrogens with one attached hydrogen (secondary N) is 1. The molecule has 1 saturated carbocycles. The summed E-state index contributed by atoms with van der Waals surface area (Å²) in [6.45, 7) is 0.450. The van der Waals surface area contributed by atoms with E-state index in [0.29, 0.717) is 6.54 Å². The van der Waals surface area contributed by atoms with E-state index >= 15 is 0 Å². The van der Waals surface area contributed by atoms with Crippen molar-refractivity contribution in [3.8, 4) is 0 Å². The Morgan fingerprint density at radius 2 is 2.30 bits per heavy atom. The summed E-state index contributed by atoms with van der Waals surface area (Å²) >= 11 is 0. The van der Waals surface area contributed by atoms with Gasteiger partial charge < -0.3 is 5.73 Å². The van der Waals surface area contributed by atoms with Crippen LogP contribution in [0.5, 0.6) is 0 Å². The second kappa shape index (κ2) is 6.39. The fourth-order valence-electron chi connectivity index (χ4n) is 1.18. The minimum Gasteiger partial charge on any atom is -0.689 e. The molecule has 0 unspecified atom stereocenters. The Balaban J connectivity index is 0.000000810. The maximum atomic E-state index is 6.94. The zero-order valence-corrected chi connectivity index (χ0v) is 9.11. The molecule has 0 aromatic carbocycles. The van der Waals surface area contributed by atoms with Crippen molar-refractivity contribution in [2.45, 2.75) is 25.7 Å². The molecule has 1 radical (unpaired) electrons. The van der Waals surface area contributed by atoms with Crippen molar-refractivity contribution >= 4 is 0 Å². The van der Waals surface area contributed by atoms with Crippen molar-refractivity contribution in [3.63, 3.8) is 0 Å². The van der Waals surface area contributed by atoms with Gasteiger partial charge in [-0.1, -0.05) is 19.3 Å². The van der Waals surface area contributed by atoms with Crippen molar-refractivity contribution in [1.29, 1.82) is 0 Å². The average Bonchev–Trinajstić information content (AvgIpc) is 1.91. The van der Waals surface area contributed by atoms with Crippen LogP contribution in [0.25, 0.3) is 5.73 Å². The van der Waals surface area contributed by atoms with Crippen LogP contribution in [0.15, 0.2) is 11.6 Å². The van der Waals surface area contributed by atoms with E-state index in [4.69, 9.17) is 5.73 Å². The van der Waals surface area contributed by atoms with Gasteiger partial charge in [0.2, 0.25) is 0 Å². The number of rotatable bonds is 1. The van der Waals surface area contributed by atoms with E-state index in [9.17, 15) is 0 Å². The largest absolute Gasteiger partial charge is 0.689 e. The topological polar surface area (TPSA) is 23.8 Å². The molecule has 0 amide bonds. The molecule has 0 spiro atoms. The molecular weight excluding hydrogens is 199 g/mol. The van der Waals surface area contributed by atoms with Gasteiger partial charge in [0, 0.05) is 32.7 Å². The van der Waals surface area contributed by atoms with Crippen LogP contribution in [0, 0.1) is 6.42 Å². The first-order chi connectivity index (χ1) is 4.43. The summed E-state index contributed by atoms with van der Waals surface area (Å²) in [6, 6.07) is 0. The molecule has 0 atom stereocenters. The maximum Gasteiger partial charge on any atom is 0 e. The molecule has 0 bridgehead atoms. The van der Waals surface area contributed by atoms with Crippen LogP contribution in [0.3, 0.4) is 0 Å². The Bertz CT molecular complexity index is 102. The monoisotopic (exact) mass is 212 g/mol. The molecule has 1 aliphatic rings. The Hall–Kier alpha value is 0.674. The van der Waals surface area contributed by atoms with Gasteiger partial charge in [-0.2, -0.15) is 0 Å². The molecule has 0 aliphatic heterocycles. The van der Waals surface area contributed by atoms with E-state index in [-0.39, 0.29) is 32.7 Å². The molecule has 1 rings (SSSR count). The smallest absolute Gasteiger partial charge is 0 e. The van der Waals surface area contributed by atoms with E-state index in [0.717, 1.165) is 0 Å². The molecule has 10 heavy (non-hydrogen) atoms. The number of hydrogen-bond donors (Lipinski definition) is 0. The molecule has 0 aromatic heterocycles. The first kappa shape index (κ1) is 10.7. The summed E-state index contributed by atoms with van der Waals surface area (Å²) in [7, 11) is 0. The first-order valence-electron chi connectivity index (χ1n) is 3.60. The van der Waals surface area contributed by atoms with Crippen molar-refractivity contribution in [1.82, 2.24) is 0 Å². The molecule has 1 aliphatic carbocycles. The van der Waals surface area contributed by atoms with Gasteiger partial charge >= 0.3 is 0 Å². The van der Waals surface area contributed by atoms with Gasteiger partial charge in [-0.05, 0) is 0 Å². The van der Waals surface area contributed by atoms with Gasteiger partial charge in [-0.3, -0.25) is 0 Å². The van der Waals surface area contributed by atoms with Crippen LogP contribution in [0.1, 0.15) is 25.7 Å². The predicted molar refractivity (Wildman–Crippen MR) is 40.0 cm³/mol. The SMILES string of the molecule is [NH-]C/C=C1\[CH-]CCCC1.[Y]. The second-order valence-electron chi connectivity index (χ2n) is 2.43. The molecule has 1 fully saturated rings. The Labute approximate surface area is 88.3 Å². The van der Waals surface area contributed by atoms with Crippen LogP contribution in [0.4, 0.5) is 0 Å². The minimum atomic E-state index is 0. The van der Waals surface area contributed by atoms with E-state index in [1.54, 1.807) is 0 Å². The van der Waals surface area contributed by atoms with E-state index in [1.165, 1.54) is 31.3 Å². The molecule has 1 nitrogen and oxygen atoms in total. The number of hydrogen-bond acceptors (Lipinski definition) is 0. The van der Waals surface area contributed by atoms with Gasteiger partial charge in [0.1, 0.15) is 0 Å². The average molecular weight is 212 g/mol. The summed E-state index contributed by atoms with van der Waals surface area (Å²) in [5.41, 5.74) is 8.34. The van der Waals surface area contributed by atoms with E-state index < -0.39 is 0 Å². The Kier molecular flexibility index (Phi) is 6.82. The molecule has 1 N–H and O–H groups in total. The zero-order chi connectivity index (χ0) is 6.53. The fourth-order valence-corrected chi connectivity index (χ4v) is 1.18. The third-order valence-corrected chi connectivity index (χ3v) is 1.69. The van der Waals surface area contributed by atoms with E-state index in [2.05, 4.69) is 6.42 Å². The molecular formula is C8H13NY-2. The fraction of sp³-hybridized carbons (Fsp3) is 0.625. The molecule has 0 saturated heterocycles. The summed E-state index contributed by atoms with van der Waals surface area (Å²) < 4.78 is 0. The number of allylic oxidation sites excluding steroid dienone is 1. The van der Waals surface area contributed by atoms with Crippen LogP contribution in [0.2, 0.25) is 0 Å². The normalized spacial score (nSPS) is 21.5. The summed E-state index contributed by atoms with van der Waals surface area (Å²) in [5, 5.41) is 0. The van der Waals surface area contributed by atoms with Crippen LogP contribution in [-0.2, 0) is 32.7 Å². The van der Waals surface area contributed by atoms with Crippen molar-refractivity contribution in [2.24, 2.45) is 0 Å². The van der Waals surface area contributed by atoms with Crippen molar-refractivity contribution in [2.75, 3.05) is 6.54 Å². The van der Waals surface area contributed by atoms with Gasteiger partial charge in [0.25, 0.3) is 0 Å². The van der Waals surface area contributed by atoms with Crippen LogP contribution >= 0.6 is 0 Å². The standard InChI is InChI=1S/C8H13N.Y/c9-7-6-8-4-2-1-3-5-8;/h4,6,9H,1-3,5,7H2;/q-2;/b8-6+;. The van der Waals surface area contributed by atoms with Crippen molar-refractivity contribution in [3.05, 3.63) is 23.8 Å². The molecule has 55 valence electrons. The summed E-state index contributed by atoms with van der Waals surface area (Å²) in [4.78, 5) is 0. The summed E-state index contributed by atoms with van der Waals surface area (Å²) in [6.07, 6.45) is 9.37. The third kappa shape index (κ3) is 3.75. The predicted octanol–water partition coefficient (Wildman–Crippen LogP) is 2.74. The maximum absolute atomic E-state index is 6.94. The van der Waals surface area contributed by atoms with Crippen LogP contribution in [-0.4, -0.2) is 6.54 Å². The first-order valence-corrected chi connectivity index (χ1v) is 3.60.